The van der Waals surface area contributed by atoms with E-state index in [-0.39, 0.29) is 24.4 Å². The molecule has 0 fully saturated rings. The van der Waals surface area contributed by atoms with Crippen LogP contribution in [0.5, 0.6) is 0 Å². The van der Waals surface area contributed by atoms with Gasteiger partial charge in [0.15, 0.2) is 0 Å². The highest BCUT2D eigenvalue weighted by Crippen LogP contribution is 2.31. The topological polar surface area (TPSA) is 52.7 Å². The second-order valence-electron chi connectivity index (χ2n) is 6.68. The third-order valence-corrected chi connectivity index (χ3v) is 4.40. The molecule has 0 spiro atoms. The number of rotatable bonds is 3. The lowest BCUT2D eigenvalue weighted by atomic mass is 10.0. The van der Waals surface area contributed by atoms with Crippen molar-refractivity contribution in [1.29, 1.82) is 0 Å². The summed E-state index contributed by atoms with van der Waals surface area (Å²) in [7, 11) is 3.99. The van der Waals surface area contributed by atoms with Gasteiger partial charge in [0.2, 0.25) is 5.91 Å². The maximum atomic E-state index is 13.1. The Bertz CT molecular complexity index is 801. The zero-order valence-corrected chi connectivity index (χ0v) is 14.8. The van der Waals surface area contributed by atoms with E-state index in [1.54, 1.807) is 4.90 Å². The number of amides is 2. The van der Waals surface area contributed by atoms with Crippen molar-refractivity contribution in [1.82, 2.24) is 9.80 Å². The summed E-state index contributed by atoms with van der Waals surface area (Å²) < 4.78 is 0. The zero-order chi connectivity index (χ0) is 18.0. The average molecular weight is 337 g/mol. The Morgan fingerprint density at radius 3 is 2.72 bits per heavy atom. The van der Waals surface area contributed by atoms with Crippen LogP contribution in [-0.2, 0) is 11.3 Å². The quantitative estimate of drug-likeness (QED) is 0.937. The normalized spacial score (nSPS) is 17.0. The Kier molecular flexibility index (Phi) is 4.86. The number of para-hydroxylation sites is 1. The summed E-state index contributed by atoms with van der Waals surface area (Å²) in [4.78, 5) is 29.0. The highest BCUT2D eigenvalue weighted by molar-refractivity contribution is 6.01. The molecule has 5 nitrogen and oxygen atoms in total. The standard InChI is InChI=1S/C20H23N3O2/c1-14-17-9-4-5-10-18(17)21-19(24)13-23(14)20(25)16-8-6-7-15(11-16)12-22(2)3/h4-11,14H,12-13H2,1-3H3,(H,21,24). The van der Waals surface area contributed by atoms with Gasteiger partial charge in [0, 0.05) is 17.8 Å². The first-order valence-electron chi connectivity index (χ1n) is 8.39. The summed E-state index contributed by atoms with van der Waals surface area (Å²) in [6.07, 6.45) is 0. The Labute approximate surface area is 148 Å². The van der Waals surface area contributed by atoms with E-state index in [4.69, 9.17) is 0 Å². The van der Waals surface area contributed by atoms with Gasteiger partial charge in [0.25, 0.3) is 5.91 Å². The Morgan fingerprint density at radius 2 is 1.96 bits per heavy atom. The van der Waals surface area contributed by atoms with Crippen LogP contribution < -0.4 is 5.32 Å². The fourth-order valence-electron chi connectivity index (χ4n) is 3.21. The number of hydrogen-bond acceptors (Lipinski definition) is 3. The van der Waals surface area contributed by atoms with Crippen LogP contribution >= 0.6 is 0 Å². The van der Waals surface area contributed by atoms with Crippen molar-refractivity contribution >= 4 is 17.5 Å². The van der Waals surface area contributed by atoms with E-state index in [2.05, 4.69) is 10.2 Å². The number of benzene rings is 2. The zero-order valence-electron chi connectivity index (χ0n) is 14.8. The van der Waals surface area contributed by atoms with Gasteiger partial charge < -0.3 is 15.1 Å². The lowest BCUT2D eigenvalue weighted by Crippen LogP contribution is -2.37. The molecule has 2 aromatic carbocycles. The first-order valence-corrected chi connectivity index (χ1v) is 8.39. The van der Waals surface area contributed by atoms with Gasteiger partial charge in [-0.25, -0.2) is 0 Å². The Hall–Kier alpha value is -2.66. The van der Waals surface area contributed by atoms with Gasteiger partial charge in [-0.2, -0.15) is 0 Å². The molecule has 1 aliphatic heterocycles. The molecule has 130 valence electrons. The van der Waals surface area contributed by atoms with E-state index >= 15 is 0 Å². The molecule has 0 saturated carbocycles. The van der Waals surface area contributed by atoms with Crippen molar-refractivity contribution in [3.63, 3.8) is 0 Å². The molecule has 2 aromatic rings. The van der Waals surface area contributed by atoms with E-state index in [0.717, 1.165) is 23.4 Å². The number of carbonyl (C=O) groups excluding carboxylic acids is 2. The first kappa shape index (κ1) is 17.2. The molecule has 1 aliphatic rings. The third kappa shape index (κ3) is 3.72. The van der Waals surface area contributed by atoms with Gasteiger partial charge in [0.05, 0.1) is 6.04 Å². The van der Waals surface area contributed by atoms with Gasteiger partial charge in [-0.1, -0.05) is 30.3 Å². The molecule has 0 saturated heterocycles. The van der Waals surface area contributed by atoms with E-state index < -0.39 is 0 Å². The maximum Gasteiger partial charge on any atom is 0.254 e. The van der Waals surface area contributed by atoms with Crippen LogP contribution in [0.1, 0.15) is 34.5 Å². The largest absolute Gasteiger partial charge is 0.324 e. The smallest absolute Gasteiger partial charge is 0.254 e. The summed E-state index contributed by atoms with van der Waals surface area (Å²) in [6.45, 7) is 2.77. The highest BCUT2D eigenvalue weighted by Gasteiger charge is 2.29. The van der Waals surface area contributed by atoms with Crippen LogP contribution in [0.3, 0.4) is 0 Å². The molecule has 2 amide bonds. The highest BCUT2D eigenvalue weighted by atomic mass is 16.2. The predicted octanol–water partition coefficient (Wildman–Crippen LogP) is 2.90. The fraction of sp³-hybridized carbons (Fsp3) is 0.300. The minimum atomic E-state index is -0.180. The SMILES string of the molecule is CC1c2ccccc2NC(=O)CN1C(=O)c1cccc(CN(C)C)c1. The lowest BCUT2D eigenvalue weighted by molar-refractivity contribution is -0.117. The summed E-state index contributed by atoms with van der Waals surface area (Å²) in [5, 5.41) is 2.89. The number of nitrogens with one attached hydrogen (secondary N) is 1. The van der Waals surface area contributed by atoms with Crippen LogP contribution in [-0.4, -0.2) is 42.3 Å². The molecule has 0 bridgehead atoms. The van der Waals surface area contributed by atoms with Crippen molar-refractivity contribution in [3.8, 4) is 0 Å². The van der Waals surface area contributed by atoms with Gasteiger partial charge in [-0.3, -0.25) is 9.59 Å². The molecular formula is C20H23N3O2. The Morgan fingerprint density at radius 1 is 1.20 bits per heavy atom. The number of carbonyl (C=O) groups is 2. The molecule has 1 heterocycles. The number of nitrogens with zero attached hydrogens (tertiary/aromatic N) is 2. The van der Waals surface area contributed by atoms with Crippen molar-refractivity contribution in [2.24, 2.45) is 0 Å². The number of anilines is 1. The first-order chi connectivity index (χ1) is 12.0. The minimum absolute atomic E-state index is 0.0482. The molecule has 0 aliphatic carbocycles. The fourth-order valence-corrected chi connectivity index (χ4v) is 3.21. The second-order valence-corrected chi connectivity index (χ2v) is 6.68. The number of fused-ring (bicyclic) bond motifs is 1. The summed E-state index contributed by atoms with van der Waals surface area (Å²) in [6, 6.07) is 15.1. The molecule has 1 N–H and O–H groups in total. The number of hydrogen-bond donors (Lipinski definition) is 1. The molecular weight excluding hydrogens is 314 g/mol. The Balaban J connectivity index is 1.92. The molecule has 0 radical (unpaired) electrons. The molecule has 5 heteroatoms. The third-order valence-electron chi connectivity index (χ3n) is 4.40. The van der Waals surface area contributed by atoms with Gasteiger partial charge in [0.1, 0.15) is 6.54 Å². The average Bonchev–Trinajstić information content (AvgIpc) is 2.70. The summed E-state index contributed by atoms with van der Waals surface area (Å²) in [5.74, 6) is -0.297. The second kappa shape index (κ2) is 7.07. The van der Waals surface area contributed by atoms with E-state index in [1.807, 2.05) is 69.6 Å². The molecule has 0 aromatic heterocycles. The van der Waals surface area contributed by atoms with Crippen molar-refractivity contribution in [2.75, 3.05) is 26.0 Å². The molecule has 1 unspecified atom stereocenters. The molecule has 3 rings (SSSR count). The predicted molar refractivity (Wildman–Crippen MR) is 98.4 cm³/mol. The van der Waals surface area contributed by atoms with Crippen molar-refractivity contribution in [2.45, 2.75) is 19.5 Å². The monoisotopic (exact) mass is 337 g/mol. The molecule has 1 atom stereocenters. The minimum Gasteiger partial charge on any atom is -0.324 e. The van der Waals surface area contributed by atoms with Crippen molar-refractivity contribution < 1.29 is 9.59 Å². The van der Waals surface area contributed by atoms with E-state index in [9.17, 15) is 9.59 Å². The lowest BCUT2D eigenvalue weighted by Gasteiger charge is -2.27. The maximum absolute atomic E-state index is 13.1. The van der Waals surface area contributed by atoms with E-state index in [0.29, 0.717) is 5.56 Å². The van der Waals surface area contributed by atoms with Gasteiger partial charge >= 0.3 is 0 Å². The van der Waals surface area contributed by atoms with Gasteiger partial charge in [-0.05, 0) is 50.3 Å². The van der Waals surface area contributed by atoms with Crippen LogP contribution in [0.25, 0.3) is 0 Å². The summed E-state index contributed by atoms with van der Waals surface area (Å²) in [5.41, 5.74) is 3.41. The van der Waals surface area contributed by atoms with Gasteiger partial charge in [-0.15, -0.1) is 0 Å². The van der Waals surface area contributed by atoms with E-state index in [1.165, 1.54) is 0 Å². The van der Waals surface area contributed by atoms with Crippen LogP contribution in [0.2, 0.25) is 0 Å². The molecule has 25 heavy (non-hydrogen) atoms. The van der Waals surface area contributed by atoms with Crippen LogP contribution in [0.4, 0.5) is 5.69 Å². The van der Waals surface area contributed by atoms with Crippen LogP contribution in [0.15, 0.2) is 48.5 Å². The van der Waals surface area contributed by atoms with Crippen LogP contribution in [0, 0.1) is 0 Å². The van der Waals surface area contributed by atoms with Crippen molar-refractivity contribution in [3.05, 3.63) is 65.2 Å². The summed E-state index contributed by atoms with van der Waals surface area (Å²) >= 11 is 0.